The number of rotatable bonds is 7. The van der Waals surface area contributed by atoms with Crippen molar-refractivity contribution in [3.05, 3.63) is 0 Å². The van der Waals surface area contributed by atoms with Crippen molar-refractivity contribution in [1.82, 2.24) is 5.32 Å². The number of nitrogens with one attached hydrogen (secondary N) is 1. The van der Waals surface area contributed by atoms with Gasteiger partial charge < -0.3 is 10.4 Å². The molecule has 0 saturated heterocycles. The van der Waals surface area contributed by atoms with Crippen molar-refractivity contribution in [3.8, 4) is 0 Å². The lowest BCUT2D eigenvalue weighted by Crippen LogP contribution is -2.36. The molecule has 0 aliphatic carbocycles. The van der Waals surface area contributed by atoms with Gasteiger partial charge in [0.2, 0.25) is 5.91 Å². The van der Waals surface area contributed by atoms with Gasteiger partial charge in [0.25, 0.3) is 0 Å². The molecule has 0 rings (SSSR count). The summed E-state index contributed by atoms with van der Waals surface area (Å²) >= 11 is 3.31. The number of carbonyl (C=O) groups excluding carboxylic acids is 1. The Morgan fingerprint density at radius 3 is 2.69 bits per heavy atom. The number of alkyl halides is 1. The number of unbranched alkanes of at least 4 members (excludes halogenated alkanes) is 1. The molecule has 0 heterocycles. The first-order valence-electron chi connectivity index (χ1n) is 4.70. The van der Waals surface area contributed by atoms with Crippen LogP contribution in [0.15, 0.2) is 0 Å². The fraction of sp³-hybridized carbons (Fsp3) is 0.889. The fourth-order valence-corrected chi connectivity index (χ4v) is 1.35. The molecule has 4 heteroatoms. The maximum absolute atomic E-state index is 11.2. The Kier molecular flexibility index (Phi) is 8.45. The molecule has 1 atom stereocenters. The highest BCUT2D eigenvalue weighted by Gasteiger charge is 2.07. The molecule has 0 bridgehead atoms. The van der Waals surface area contributed by atoms with Crippen molar-refractivity contribution in [2.45, 2.75) is 38.6 Å². The number of hydrogen-bond donors (Lipinski definition) is 2. The van der Waals surface area contributed by atoms with Crippen LogP contribution in [0, 0.1) is 0 Å². The first-order valence-corrected chi connectivity index (χ1v) is 5.82. The van der Waals surface area contributed by atoms with Crippen LogP contribution < -0.4 is 5.32 Å². The summed E-state index contributed by atoms with van der Waals surface area (Å²) < 4.78 is 0. The van der Waals surface area contributed by atoms with Crippen molar-refractivity contribution in [1.29, 1.82) is 0 Å². The fourth-order valence-electron chi connectivity index (χ4n) is 0.957. The number of halogens is 1. The van der Waals surface area contributed by atoms with Crippen LogP contribution in [-0.4, -0.2) is 29.0 Å². The molecule has 0 aliphatic heterocycles. The van der Waals surface area contributed by atoms with Crippen LogP contribution >= 0.6 is 15.9 Å². The van der Waals surface area contributed by atoms with E-state index in [1.165, 1.54) is 0 Å². The first kappa shape index (κ1) is 12.9. The summed E-state index contributed by atoms with van der Waals surface area (Å²) in [6.07, 6.45) is 3.26. The zero-order valence-electron chi connectivity index (χ0n) is 8.05. The molecule has 0 fully saturated rings. The van der Waals surface area contributed by atoms with E-state index in [4.69, 9.17) is 5.11 Å². The molecule has 0 radical (unpaired) electrons. The Hall–Kier alpha value is -0.0900. The number of aliphatic hydroxyl groups is 1. The molecule has 0 aromatic carbocycles. The summed E-state index contributed by atoms with van der Waals surface area (Å²) in [5.41, 5.74) is 0. The van der Waals surface area contributed by atoms with Crippen LogP contribution in [0.25, 0.3) is 0 Å². The maximum atomic E-state index is 11.2. The molecule has 0 spiro atoms. The van der Waals surface area contributed by atoms with Crippen molar-refractivity contribution < 1.29 is 9.90 Å². The van der Waals surface area contributed by atoms with Gasteiger partial charge in [0, 0.05) is 11.8 Å². The molecule has 2 N–H and O–H groups in total. The Morgan fingerprint density at radius 1 is 1.54 bits per heavy atom. The van der Waals surface area contributed by atoms with Crippen LogP contribution in [-0.2, 0) is 4.79 Å². The van der Waals surface area contributed by atoms with E-state index in [9.17, 15) is 4.79 Å². The van der Waals surface area contributed by atoms with Gasteiger partial charge in [-0.1, -0.05) is 22.9 Å². The lowest BCUT2D eigenvalue weighted by Gasteiger charge is -2.13. The third-order valence-corrected chi connectivity index (χ3v) is 2.43. The molecular weight excluding hydrogens is 234 g/mol. The molecule has 1 unspecified atom stereocenters. The smallest absolute Gasteiger partial charge is 0.220 e. The van der Waals surface area contributed by atoms with Gasteiger partial charge in [-0.3, -0.25) is 4.79 Å². The van der Waals surface area contributed by atoms with Gasteiger partial charge in [0.05, 0.1) is 12.6 Å². The quantitative estimate of drug-likeness (QED) is 0.532. The largest absolute Gasteiger partial charge is 0.394 e. The van der Waals surface area contributed by atoms with Crippen molar-refractivity contribution in [2.24, 2.45) is 0 Å². The number of hydrogen-bond acceptors (Lipinski definition) is 2. The van der Waals surface area contributed by atoms with E-state index < -0.39 is 0 Å². The second kappa shape index (κ2) is 8.51. The van der Waals surface area contributed by atoms with E-state index in [0.717, 1.165) is 24.6 Å². The lowest BCUT2D eigenvalue weighted by atomic mass is 10.2. The average molecular weight is 252 g/mol. The monoisotopic (exact) mass is 251 g/mol. The van der Waals surface area contributed by atoms with E-state index in [2.05, 4.69) is 21.2 Å². The molecule has 3 nitrogen and oxygen atoms in total. The minimum Gasteiger partial charge on any atom is -0.394 e. The van der Waals surface area contributed by atoms with E-state index in [0.29, 0.717) is 6.42 Å². The standard InChI is InChI=1S/C9H18BrNO2/c1-2-8(7-12)11-9(13)5-3-4-6-10/h8,12H,2-7H2,1H3,(H,11,13). The van der Waals surface area contributed by atoms with Gasteiger partial charge in [-0.15, -0.1) is 0 Å². The second-order valence-corrected chi connectivity index (χ2v) is 3.79. The maximum Gasteiger partial charge on any atom is 0.220 e. The zero-order chi connectivity index (χ0) is 10.1. The van der Waals surface area contributed by atoms with Crippen LogP contribution in [0.2, 0.25) is 0 Å². The Labute approximate surface area is 88.0 Å². The van der Waals surface area contributed by atoms with Crippen molar-refractivity contribution in [2.75, 3.05) is 11.9 Å². The third kappa shape index (κ3) is 7.02. The van der Waals surface area contributed by atoms with Gasteiger partial charge in [-0.25, -0.2) is 0 Å². The van der Waals surface area contributed by atoms with E-state index in [1.807, 2.05) is 6.92 Å². The minimum absolute atomic E-state index is 0.0285. The Bertz CT molecular complexity index is 138. The highest BCUT2D eigenvalue weighted by molar-refractivity contribution is 9.09. The molecule has 0 aliphatic rings. The lowest BCUT2D eigenvalue weighted by molar-refractivity contribution is -0.122. The molecular formula is C9H18BrNO2. The van der Waals surface area contributed by atoms with Crippen LogP contribution in [0.1, 0.15) is 32.6 Å². The van der Waals surface area contributed by atoms with Crippen molar-refractivity contribution in [3.63, 3.8) is 0 Å². The summed E-state index contributed by atoms with van der Waals surface area (Å²) in [5, 5.41) is 12.5. The van der Waals surface area contributed by atoms with Gasteiger partial charge in [-0.05, 0) is 19.3 Å². The minimum atomic E-state index is -0.0727. The van der Waals surface area contributed by atoms with Crippen LogP contribution in [0.5, 0.6) is 0 Å². The highest BCUT2D eigenvalue weighted by Crippen LogP contribution is 1.99. The van der Waals surface area contributed by atoms with Crippen molar-refractivity contribution >= 4 is 21.8 Å². The van der Waals surface area contributed by atoms with Crippen LogP contribution in [0.3, 0.4) is 0 Å². The van der Waals surface area contributed by atoms with Gasteiger partial charge in [0.1, 0.15) is 0 Å². The second-order valence-electron chi connectivity index (χ2n) is 3.00. The number of carbonyl (C=O) groups is 1. The summed E-state index contributed by atoms with van der Waals surface area (Å²) in [6, 6.07) is -0.0727. The summed E-state index contributed by atoms with van der Waals surface area (Å²) in [7, 11) is 0. The number of amides is 1. The Morgan fingerprint density at radius 2 is 2.23 bits per heavy atom. The predicted molar refractivity (Wildman–Crippen MR) is 57.0 cm³/mol. The highest BCUT2D eigenvalue weighted by atomic mass is 79.9. The average Bonchev–Trinajstić information content (AvgIpc) is 2.14. The van der Waals surface area contributed by atoms with Gasteiger partial charge >= 0.3 is 0 Å². The first-order chi connectivity index (χ1) is 6.24. The summed E-state index contributed by atoms with van der Waals surface area (Å²) in [5.74, 6) is 0.0434. The predicted octanol–water partition coefficient (Wildman–Crippen LogP) is 1.44. The molecule has 0 saturated carbocycles. The van der Waals surface area contributed by atoms with E-state index in [1.54, 1.807) is 0 Å². The topological polar surface area (TPSA) is 49.3 Å². The molecule has 13 heavy (non-hydrogen) atoms. The molecule has 0 aromatic heterocycles. The molecule has 1 amide bonds. The normalized spacial score (nSPS) is 12.5. The van der Waals surface area contributed by atoms with E-state index in [-0.39, 0.29) is 18.6 Å². The summed E-state index contributed by atoms with van der Waals surface area (Å²) in [6.45, 7) is 1.97. The Balaban J connectivity index is 3.48. The SMILES string of the molecule is CCC(CO)NC(=O)CCCCBr. The molecule has 78 valence electrons. The van der Waals surface area contributed by atoms with Gasteiger partial charge in [-0.2, -0.15) is 0 Å². The zero-order valence-corrected chi connectivity index (χ0v) is 9.64. The third-order valence-electron chi connectivity index (χ3n) is 1.87. The van der Waals surface area contributed by atoms with Gasteiger partial charge in [0.15, 0.2) is 0 Å². The summed E-state index contributed by atoms with van der Waals surface area (Å²) in [4.78, 5) is 11.2. The van der Waals surface area contributed by atoms with Crippen LogP contribution in [0.4, 0.5) is 0 Å². The number of aliphatic hydroxyl groups excluding tert-OH is 1. The van der Waals surface area contributed by atoms with E-state index >= 15 is 0 Å². The molecule has 0 aromatic rings.